The Morgan fingerprint density at radius 1 is 1.28 bits per heavy atom. The fourth-order valence-electron chi connectivity index (χ4n) is 2.94. The Bertz CT molecular complexity index is 774. The third-order valence-corrected chi connectivity index (χ3v) is 5.49. The van der Waals surface area contributed by atoms with E-state index < -0.39 is 0 Å². The van der Waals surface area contributed by atoms with Crippen molar-refractivity contribution in [2.45, 2.75) is 32.2 Å². The zero-order valence-corrected chi connectivity index (χ0v) is 15.5. The minimum atomic E-state index is -0.288. The van der Waals surface area contributed by atoms with Gasteiger partial charge in [-0.1, -0.05) is 23.8 Å². The number of benzene rings is 1. The maximum atomic E-state index is 13.9. The van der Waals surface area contributed by atoms with Crippen molar-refractivity contribution >= 4 is 28.8 Å². The van der Waals surface area contributed by atoms with Gasteiger partial charge in [0.05, 0.1) is 6.54 Å². The average Bonchev–Trinajstić information content (AvgIpc) is 3.10. The van der Waals surface area contributed by atoms with E-state index in [2.05, 4.69) is 11.1 Å². The van der Waals surface area contributed by atoms with E-state index in [1.807, 2.05) is 0 Å². The fraction of sp³-hybridized carbons (Fsp3) is 0.368. The molecule has 2 aromatic rings. The summed E-state index contributed by atoms with van der Waals surface area (Å²) in [5, 5.41) is 0.628. The second-order valence-corrected chi connectivity index (χ2v) is 7.49. The summed E-state index contributed by atoms with van der Waals surface area (Å²) in [7, 11) is 0. The molecule has 3 rings (SSSR count). The number of nitrogens with zero attached hydrogens (tertiary/aromatic N) is 2. The standard InChI is InChI=1S/C19H20ClFN2OS/c20-10-18(24)23(12-14-6-2-1-3-7-14)13-15-11-22-19(25-15)16-8-4-5-9-17(16)21/h4-6,8-9,11H,1-3,7,10,12-13H2. The van der Waals surface area contributed by atoms with Crippen molar-refractivity contribution in [3.63, 3.8) is 0 Å². The van der Waals surface area contributed by atoms with Crippen molar-refractivity contribution in [2.24, 2.45) is 0 Å². The van der Waals surface area contributed by atoms with Gasteiger partial charge in [0.15, 0.2) is 0 Å². The average molecular weight is 379 g/mol. The third kappa shape index (κ3) is 4.67. The van der Waals surface area contributed by atoms with Gasteiger partial charge in [-0.25, -0.2) is 9.37 Å². The van der Waals surface area contributed by atoms with Crippen LogP contribution in [0, 0.1) is 5.82 Å². The van der Waals surface area contributed by atoms with Crippen molar-refractivity contribution in [3.05, 3.63) is 52.8 Å². The quantitative estimate of drug-likeness (QED) is 0.522. The van der Waals surface area contributed by atoms with Gasteiger partial charge in [-0.2, -0.15) is 0 Å². The molecule has 6 heteroatoms. The predicted octanol–water partition coefficient (Wildman–Crippen LogP) is 5.02. The minimum Gasteiger partial charge on any atom is -0.332 e. The lowest BCUT2D eigenvalue weighted by molar-refractivity contribution is -0.128. The number of aromatic nitrogens is 1. The van der Waals surface area contributed by atoms with Crippen LogP contribution in [-0.2, 0) is 11.3 Å². The molecule has 1 heterocycles. The van der Waals surface area contributed by atoms with E-state index in [-0.39, 0.29) is 17.6 Å². The Balaban J connectivity index is 1.75. The van der Waals surface area contributed by atoms with Crippen LogP contribution in [0.15, 0.2) is 42.1 Å². The third-order valence-electron chi connectivity index (χ3n) is 4.25. The first kappa shape index (κ1) is 18.1. The van der Waals surface area contributed by atoms with Crippen LogP contribution in [0.2, 0.25) is 0 Å². The minimum absolute atomic E-state index is 0.0355. The number of carbonyl (C=O) groups is 1. The van der Waals surface area contributed by atoms with Gasteiger partial charge in [0.25, 0.3) is 0 Å². The second kappa shape index (κ2) is 8.59. The van der Waals surface area contributed by atoms with Gasteiger partial charge in [-0.3, -0.25) is 4.79 Å². The first-order chi connectivity index (χ1) is 12.2. The molecule has 132 valence electrons. The molecule has 1 aromatic carbocycles. The number of hydrogen-bond donors (Lipinski definition) is 0. The highest BCUT2D eigenvalue weighted by atomic mass is 35.5. The van der Waals surface area contributed by atoms with Crippen LogP contribution in [0.1, 0.15) is 30.6 Å². The molecule has 3 nitrogen and oxygen atoms in total. The summed E-state index contributed by atoms with van der Waals surface area (Å²) in [6.45, 7) is 1.06. The molecule has 0 saturated heterocycles. The number of thiazole rings is 1. The predicted molar refractivity (Wildman–Crippen MR) is 100 cm³/mol. The van der Waals surface area contributed by atoms with Gasteiger partial charge in [-0.05, 0) is 37.8 Å². The van der Waals surface area contributed by atoms with Gasteiger partial charge in [0.1, 0.15) is 16.7 Å². The lowest BCUT2D eigenvalue weighted by atomic mass is 9.99. The number of amides is 1. The Morgan fingerprint density at radius 2 is 2.12 bits per heavy atom. The van der Waals surface area contributed by atoms with Crippen molar-refractivity contribution < 1.29 is 9.18 Å². The molecule has 0 fully saturated rings. The first-order valence-corrected chi connectivity index (χ1v) is 9.73. The van der Waals surface area contributed by atoms with E-state index in [1.165, 1.54) is 35.8 Å². The summed E-state index contributed by atoms with van der Waals surface area (Å²) < 4.78 is 13.9. The smallest absolute Gasteiger partial charge is 0.238 e. The van der Waals surface area contributed by atoms with Crippen molar-refractivity contribution in [3.8, 4) is 10.6 Å². The Labute approximate surface area is 156 Å². The molecule has 0 aliphatic heterocycles. The molecule has 1 aliphatic rings. The lowest BCUT2D eigenvalue weighted by Crippen LogP contribution is -2.33. The van der Waals surface area contributed by atoms with E-state index >= 15 is 0 Å². The van der Waals surface area contributed by atoms with E-state index in [0.717, 1.165) is 17.7 Å². The molecule has 0 bridgehead atoms. The molecule has 0 N–H and O–H groups in total. The summed E-state index contributed by atoms with van der Waals surface area (Å²) in [4.78, 5) is 19.2. The molecular formula is C19H20ClFN2OS. The van der Waals surface area contributed by atoms with Crippen LogP contribution < -0.4 is 0 Å². The van der Waals surface area contributed by atoms with E-state index in [1.54, 1.807) is 29.3 Å². The van der Waals surface area contributed by atoms with Crippen LogP contribution in [0.25, 0.3) is 10.6 Å². The monoisotopic (exact) mass is 378 g/mol. The van der Waals surface area contributed by atoms with Crippen LogP contribution in [0.3, 0.4) is 0 Å². The SMILES string of the molecule is O=C(CCl)N(CC1=CCCCC1)Cc1cnc(-c2ccccc2F)s1. The van der Waals surface area contributed by atoms with E-state index in [4.69, 9.17) is 11.6 Å². The molecule has 1 amide bonds. The number of halogens is 2. The van der Waals surface area contributed by atoms with Crippen molar-refractivity contribution in [2.75, 3.05) is 12.4 Å². The number of rotatable bonds is 6. The lowest BCUT2D eigenvalue weighted by Gasteiger charge is -2.24. The highest BCUT2D eigenvalue weighted by molar-refractivity contribution is 7.15. The maximum absolute atomic E-state index is 13.9. The van der Waals surface area contributed by atoms with Gasteiger partial charge < -0.3 is 4.90 Å². The maximum Gasteiger partial charge on any atom is 0.238 e. The highest BCUT2D eigenvalue weighted by Gasteiger charge is 2.18. The summed E-state index contributed by atoms with van der Waals surface area (Å²) in [5.74, 6) is -0.412. The van der Waals surface area contributed by atoms with Gasteiger partial charge in [0.2, 0.25) is 5.91 Å². The number of hydrogen-bond acceptors (Lipinski definition) is 3. The van der Waals surface area contributed by atoms with E-state index in [0.29, 0.717) is 23.7 Å². The Hall–Kier alpha value is -1.72. The molecule has 0 unspecified atom stereocenters. The van der Waals surface area contributed by atoms with Crippen LogP contribution in [-0.4, -0.2) is 28.2 Å². The molecule has 1 aliphatic carbocycles. The molecule has 0 atom stereocenters. The van der Waals surface area contributed by atoms with Gasteiger partial charge in [0, 0.05) is 23.2 Å². The largest absolute Gasteiger partial charge is 0.332 e. The molecular weight excluding hydrogens is 359 g/mol. The van der Waals surface area contributed by atoms with Crippen LogP contribution >= 0.6 is 22.9 Å². The Morgan fingerprint density at radius 3 is 2.84 bits per heavy atom. The van der Waals surface area contributed by atoms with Crippen LogP contribution in [0.5, 0.6) is 0 Å². The fourth-order valence-corrected chi connectivity index (χ4v) is 4.06. The summed E-state index contributed by atoms with van der Waals surface area (Å²) in [6, 6.07) is 6.59. The number of allylic oxidation sites excluding steroid dienone is 1. The molecule has 0 saturated carbocycles. The van der Waals surface area contributed by atoms with Crippen molar-refractivity contribution in [1.29, 1.82) is 0 Å². The zero-order chi connectivity index (χ0) is 17.6. The summed E-state index contributed by atoms with van der Waals surface area (Å²) in [5.41, 5.74) is 1.78. The molecule has 1 aromatic heterocycles. The van der Waals surface area contributed by atoms with Gasteiger partial charge in [-0.15, -0.1) is 22.9 Å². The van der Waals surface area contributed by atoms with E-state index in [9.17, 15) is 9.18 Å². The number of carbonyl (C=O) groups excluding carboxylic acids is 1. The van der Waals surface area contributed by atoms with Gasteiger partial charge >= 0.3 is 0 Å². The summed E-state index contributed by atoms with van der Waals surface area (Å²) in [6.07, 6.45) is 8.46. The zero-order valence-electron chi connectivity index (χ0n) is 13.9. The molecule has 25 heavy (non-hydrogen) atoms. The number of alkyl halides is 1. The topological polar surface area (TPSA) is 33.2 Å². The Kier molecular flexibility index (Phi) is 6.21. The highest BCUT2D eigenvalue weighted by Crippen LogP contribution is 2.28. The molecule has 0 spiro atoms. The van der Waals surface area contributed by atoms with Crippen LogP contribution in [0.4, 0.5) is 4.39 Å². The van der Waals surface area contributed by atoms with Crippen molar-refractivity contribution in [1.82, 2.24) is 9.88 Å². The second-order valence-electron chi connectivity index (χ2n) is 6.10. The first-order valence-electron chi connectivity index (χ1n) is 8.38. The molecule has 0 radical (unpaired) electrons. The summed E-state index contributed by atoms with van der Waals surface area (Å²) >= 11 is 7.19. The normalized spacial score (nSPS) is 14.2.